The number of rotatable bonds is 4. The molecule has 28 heavy (non-hydrogen) atoms. The van der Waals surface area contributed by atoms with Gasteiger partial charge in [-0.05, 0) is 31.0 Å². The lowest BCUT2D eigenvalue weighted by Gasteiger charge is -2.41. The van der Waals surface area contributed by atoms with Gasteiger partial charge in [0.15, 0.2) is 0 Å². The topological polar surface area (TPSA) is 71.1 Å². The Hall–Kier alpha value is -2.99. The lowest BCUT2D eigenvalue weighted by molar-refractivity contribution is -0.0468. The molecule has 3 aromatic rings. The number of aryl methyl sites for hydroxylation is 1. The van der Waals surface area contributed by atoms with Crippen molar-refractivity contribution in [2.45, 2.75) is 25.9 Å². The molecule has 0 radical (unpaired) electrons. The average molecular weight is 376 g/mol. The maximum atomic E-state index is 11.8. The maximum Gasteiger partial charge on any atom is 0.251 e. The number of hydrogen-bond donors (Lipinski definition) is 1. The van der Waals surface area contributed by atoms with Gasteiger partial charge < -0.3 is 14.6 Å². The third kappa shape index (κ3) is 3.68. The number of nitrogens with zero attached hydrogens (tertiary/aromatic N) is 3. The predicted molar refractivity (Wildman–Crippen MR) is 109 cm³/mol. The number of aromatic nitrogens is 3. The van der Waals surface area contributed by atoms with E-state index in [0.717, 1.165) is 35.7 Å². The number of morpholine rings is 1. The molecule has 144 valence electrons. The zero-order valence-corrected chi connectivity index (χ0v) is 16.2. The van der Waals surface area contributed by atoms with Gasteiger partial charge in [0.1, 0.15) is 17.2 Å². The molecule has 0 saturated carbocycles. The summed E-state index contributed by atoms with van der Waals surface area (Å²) in [5.41, 5.74) is 2.22. The number of anilines is 1. The Bertz CT molecular complexity index is 1000. The summed E-state index contributed by atoms with van der Waals surface area (Å²) >= 11 is 0. The number of pyridine rings is 1. The molecule has 0 aliphatic carbocycles. The van der Waals surface area contributed by atoms with Crippen LogP contribution in [0.3, 0.4) is 0 Å². The molecule has 6 heteroatoms. The van der Waals surface area contributed by atoms with Crippen LogP contribution in [0.4, 0.5) is 5.82 Å². The van der Waals surface area contributed by atoms with Gasteiger partial charge in [-0.1, -0.05) is 37.3 Å². The average Bonchev–Trinajstić information content (AvgIpc) is 2.74. The van der Waals surface area contributed by atoms with Crippen molar-refractivity contribution in [2.75, 3.05) is 24.6 Å². The van der Waals surface area contributed by atoms with Crippen LogP contribution in [0.15, 0.2) is 59.5 Å². The molecule has 1 aliphatic heterocycles. The summed E-state index contributed by atoms with van der Waals surface area (Å²) in [5, 5.41) is 0. The molecule has 0 spiro atoms. The second-order valence-corrected chi connectivity index (χ2v) is 7.21. The minimum Gasteiger partial charge on any atom is -0.367 e. The van der Waals surface area contributed by atoms with Crippen molar-refractivity contribution in [3.8, 4) is 11.4 Å². The molecule has 1 N–H and O–H groups in total. The van der Waals surface area contributed by atoms with E-state index in [1.807, 2.05) is 37.3 Å². The van der Waals surface area contributed by atoms with Crippen molar-refractivity contribution < 1.29 is 4.74 Å². The molecule has 6 nitrogen and oxygen atoms in total. The SMILES string of the molecule is CCc1cc(=O)[nH]c(-c2ccc(N3CCOC(C)(c4ccccc4)C3)nc2)n1. The molecule has 1 fully saturated rings. The number of aromatic amines is 1. The fourth-order valence-electron chi connectivity index (χ4n) is 3.57. The third-order valence-corrected chi connectivity index (χ3v) is 5.16. The van der Waals surface area contributed by atoms with Crippen LogP contribution in [0.25, 0.3) is 11.4 Å². The van der Waals surface area contributed by atoms with Crippen molar-refractivity contribution in [1.82, 2.24) is 15.0 Å². The molecule has 1 unspecified atom stereocenters. The van der Waals surface area contributed by atoms with Gasteiger partial charge in [0, 0.05) is 30.1 Å². The molecule has 1 atom stereocenters. The highest BCUT2D eigenvalue weighted by Crippen LogP contribution is 2.31. The van der Waals surface area contributed by atoms with Crippen molar-refractivity contribution in [3.63, 3.8) is 0 Å². The highest BCUT2D eigenvalue weighted by molar-refractivity contribution is 5.56. The van der Waals surface area contributed by atoms with Gasteiger partial charge >= 0.3 is 0 Å². The summed E-state index contributed by atoms with van der Waals surface area (Å²) in [4.78, 5) is 26.0. The van der Waals surface area contributed by atoms with Crippen LogP contribution in [0.5, 0.6) is 0 Å². The van der Waals surface area contributed by atoms with Crippen molar-refractivity contribution in [1.29, 1.82) is 0 Å². The Balaban J connectivity index is 1.57. The van der Waals surface area contributed by atoms with Crippen LogP contribution < -0.4 is 10.5 Å². The van der Waals surface area contributed by atoms with E-state index in [4.69, 9.17) is 4.74 Å². The molecule has 0 amide bonds. The fourth-order valence-corrected chi connectivity index (χ4v) is 3.57. The summed E-state index contributed by atoms with van der Waals surface area (Å²) in [6.45, 7) is 6.25. The molecule has 1 aliphatic rings. The summed E-state index contributed by atoms with van der Waals surface area (Å²) in [7, 11) is 0. The van der Waals surface area contributed by atoms with Gasteiger partial charge in [-0.3, -0.25) is 4.79 Å². The zero-order chi connectivity index (χ0) is 19.6. The molecule has 1 aromatic carbocycles. The monoisotopic (exact) mass is 376 g/mol. The van der Waals surface area contributed by atoms with E-state index < -0.39 is 0 Å². The van der Waals surface area contributed by atoms with E-state index in [2.05, 4.69) is 38.9 Å². The fraction of sp³-hybridized carbons (Fsp3) is 0.318. The Morgan fingerprint density at radius 3 is 2.75 bits per heavy atom. The second-order valence-electron chi connectivity index (χ2n) is 7.21. The smallest absolute Gasteiger partial charge is 0.251 e. The zero-order valence-electron chi connectivity index (χ0n) is 16.2. The van der Waals surface area contributed by atoms with Crippen LogP contribution >= 0.6 is 0 Å². The van der Waals surface area contributed by atoms with Gasteiger partial charge in [0.2, 0.25) is 0 Å². The maximum absolute atomic E-state index is 11.8. The van der Waals surface area contributed by atoms with Crippen molar-refractivity contribution in [2.24, 2.45) is 0 Å². The molecule has 4 rings (SSSR count). The van der Waals surface area contributed by atoms with Gasteiger partial charge in [0.05, 0.1) is 13.2 Å². The summed E-state index contributed by atoms with van der Waals surface area (Å²) in [6, 6.07) is 15.7. The van der Waals surface area contributed by atoms with Crippen LogP contribution in [-0.4, -0.2) is 34.6 Å². The number of benzene rings is 1. The summed E-state index contributed by atoms with van der Waals surface area (Å²) < 4.78 is 6.12. The van der Waals surface area contributed by atoms with Crippen LogP contribution in [0.2, 0.25) is 0 Å². The lowest BCUT2D eigenvalue weighted by Crippen LogP contribution is -2.48. The molecule has 1 saturated heterocycles. The summed E-state index contributed by atoms with van der Waals surface area (Å²) in [6.07, 6.45) is 2.48. The van der Waals surface area contributed by atoms with Crippen molar-refractivity contribution in [3.05, 3.63) is 76.3 Å². The second kappa shape index (κ2) is 7.56. The van der Waals surface area contributed by atoms with E-state index in [-0.39, 0.29) is 11.2 Å². The van der Waals surface area contributed by atoms with E-state index in [1.54, 1.807) is 6.20 Å². The first kappa shape index (κ1) is 18.4. The highest BCUT2D eigenvalue weighted by Gasteiger charge is 2.34. The minimum atomic E-state index is -0.373. The predicted octanol–water partition coefficient (Wildman–Crippen LogP) is 3.15. The first-order valence-corrected chi connectivity index (χ1v) is 9.58. The van der Waals surface area contributed by atoms with Gasteiger partial charge in [-0.15, -0.1) is 0 Å². The third-order valence-electron chi connectivity index (χ3n) is 5.16. The van der Waals surface area contributed by atoms with E-state index >= 15 is 0 Å². The molecule has 0 bridgehead atoms. The quantitative estimate of drug-likeness (QED) is 0.757. The first-order chi connectivity index (χ1) is 13.6. The molecule has 3 heterocycles. The van der Waals surface area contributed by atoms with Crippen molar-refractivity contribution >= 4 is 5.82 Å². The Morgan fingerprint density at radius 2 is 2.04 bits per heavy atom. The van der Waals surface area contributed by atoms with Crippen LogP contribution in [-0.2, 0) is 16.8 Å². The minimum absolute atomic E-state index is 0.141. The summed E-state index contributed by atoms with van der Waals surface area (Å²) in [5.74, 6) is 1.45. The number of H-pyrrole nitrogens is 1. The number of ether oxygens (including phenoxy) is 1. The first-order valence-electron chi connectivity index (χ1n) is 9.58. The molecular formula is C22H24N4O2. The van der Waals surface area contributed by atoms with Gasteiger partial charge in [-0.25, -0.2) is 9.97 Å². The molecule has 2 aromatic heterocycles. The van der Waals surface area contributed by atoms with E-state index in [0.29, 0.717) is 18.9 Å². The Kier molecular flexibility index (Phi) is 4.96. The van der Waals surface area contributed by atoms with E-state index in [9.17, 15) is 4.79 Å². The van der Waals surface area contributed by atoms with Gasteiger partial charge in [0.25, 0.3) is 5.56 Å². The van der Waals surface area contributed by atoms with E-state index in [1.165, 1.54) is 6.07 Å². The van der Waals surface area contributed by atoms with Crippen LogP contribution in [0, 0.1) is 0 Å². The number of hydrogen-bond acceptors (Lipinski definition) is 5. The van der Waals surface area contributed by atoms with Crippen LogP contribution in [0.1, 0.15) is 25.1 Å². The lowest BCUT2D eigenvalue weighted by atomic mass is 9.94. The number of nitrogens with one attached hydrogen (secondary N) is 1. The normalized spacial score (nSPS) is 19.6. The molecular weight excluding hydrogens is 352 g/mol. The Labute approximate surface area is 164 Å². The standard InChI is InChI=1S/C22H24N4O2/c1-3-18-13-20(27)25-21(24-18)16-9-10-19(23-14-16)26-11-12-28-22(2,15-26)17-7-5-4-6-8-17/h4-10,13-14H,3,11-12,15H2,1-2H3,(H,24,25,27). The largest absolute Gasteiger partial charge is 0.367 e. The Morgan fingerprint density at radius 1 is 1.21 bits per heavy atom. The highest BCUT2D eigenvalue weighted by atomic mass is 16.5. The van der Waals surface area contributed by atoms with Gasteiger partial charge in [-0.2, -0.15) is 0 Å².